The van der Waals surface area contributed by atoms with Crippen molar-refractivity contribution in [2.45, 2.75) is 19.8 Å². The van der Waals surface area contributed by atoms with Crippen LogP contribution in [0.15, 0.2) is 18.2 Å². The van der Waals surface area contributed by atoms with Crippen LogP contribution in [-0.2, 0) is 0 Å². The molecule has 1 heterocycles. The van der Waals surface area contributed by atoms with E-state index >= 15 is 0 Å². The number of hydrogen-bond acceptors (Lipinski definition) is 2. The number of hydrogen-bond donors (Lipinski definition) is 1. The molecule has 1 aliphatic rings. The lowest BCUT2D eigenvalue weighted by Crippen LogP contribution is -2.43. The van der Waals surface area contributed by atoms with Crippen LogP contribution >= 0.6 is 11.6 Å². The quantitative estimate of drug-likeness (QED) is 0.853. The smallest absolute Gasteiger partial charge is 0.0442 e. The highest BCUT2D eigenvalue weighted by atomic mass is 35.5. The standard InChI is InChI=1S/C13H19ClN2/c1-10(2)12-9-11(3-4-13(12)14)16-7-5-15-6-8-16/h3-4,9-10,15H,5-8H2,1-2H3. The van der Waals surface area contributed by atoms with Crippen LogP contribution in [0.3, 0.4) is 0 Å². The predicted molar refractivity (Wildman–Crippen MR) is 70.6 cm³/mol. The zero-order valence-corrected chi connectivity index (χ0v) is 10.7. The van der Waals surface area contributed by atoms with Crippen LogP contribution in [0.2, 0.25) is 5.02 Å². The molecule has 0 saturated carbocycles. The van der Waals surface area contributed by atoms with Crippen molar-refractivity contribution in [3.05, 3.63) is 28.8 Å². The lowest BCUT2D eigenvalue weighted by atomic mass is 10.0. The van der Waals surface area contributed by atoms with Gasteiger partial charge in [0, 0.05) is 36.9 Å². The summed E-state index contributed by atoms with van der Waals surface area (Å²) >= 11 is 6.20. The number of rotatable bonds is 2. The maximum Gasteiger partial charge on any atom is 0.0442 e. The summed E-state index contributed by atoms with van der Waals surface area (Å²) in [5, 5.41) is 4.25. The molecule has 0 radical (unpaired) electrons. The largest absolute Gasteiger partial charge is 0.369 e. The zero-order chi connectivity index (χ0) is 11.5. The monoisotopic (exact) mass is 238 g/mol. The van der Waals surface area contributed by atoms with Crippen molar-refractivity contribution in [3.8, 4) is 0 Å². The zero-order valence-electron chi connectivity index (χ0n) is 9.96. The average Bonchev–Trinajstić information content (AvgIpc) is 2.30. The molecule has 0 aromatic heterocycles. The van der Waals surface area contributed by atoms with Crippen molar-refractivity contribution in [3.63, 3.8) is 0 Å². The summed E-state index contributed by atoms with van der Waals surface area (Å²) in [5.74, 6) is 0.482. The minimum atomic E-state index is 0.482. The molecule has 0 unspecified atom stereocenters. The van der Waals surface area contributed by atoms with E-state index in [1.165, 1.54) is 11.3 Å². The van der Waals surface area contributed by atoms with Crippen LogP contribution in [0.25, 0.3) is 0 Å². The van der Waals surface area contributed by atoms with Crippen molar-refractivity contribution in [2.75, 3.05) is 31.1 Å². The van der Waals surface area contributed by atoms with Crippen LogP contribution in [0.5, 0.6) is 0 Å². The number of benzene rings is 1. The first-order chi connectivity index (χ1) is 7.68. The summed E-state index contributed by atoms with van der Waals surface area (Å²) in [5.41, 5.74) is 2.55. The molecule has 0 atom stereocenters. The summed E-state index contributed by atoms with van der Waals surface area (Å²) in [6.45, 7) is 8.67. The first-order valence-corrected chi connectivity index (χ1v) is 6.31. The minimum absolute atomic E-state index is 0.482. The molecule has 16 heavy (non-hydrogen) atoms. The second-order valence-corrected chi connectivity index (χ2v) is 5.00. The topological polar surface area (TPSA) is 15.3 Å². The maximum atomic E-state index is 6.20. The predicted octanol–water partition coefficient (Wildman–Crippen LogP) is 2.87. The molecule has 1 N–H and O–H groups in total. The molecule has 1 aliphatic heterocycles. The summed E-state index contributed by atoms with van der Waals surface area (Å²) in [6.07, 6.45) is 0. The van der Waals surface area contributed by atoms with Gasteiger partial charge in [-0.3, -0.25) is 0 Å². The summed E-state index contributed by atoms with van der Waals surface area (Å²) in [6, 6.07) is 6.38. The molecule has 0 aliphatic carbocycles. The highest BCUT2D eigenvalue weighted by molar-refractivity contribution is 6.31. The van der Waals surface area contributed by atoms with Gasteiger partial charge in [-0.25, -0.2) is 0 Å². The highest BCUT2D eigenvalue weighted by Crippen LogP contribution is 2.28. The molecule has 0 amide bonds. The fourth-order valence-electron chi connectivity index (χ4n) is 2.09. The second kappa shape index (κ2) is 5.07. The van der Waals surface area contributed by atoms with Crippen LogP contribution < -0.4 is 10.2 Å². The summed E-state index contributed by atoms with van der Waals surface area (Å²) < 4.78 is 0. The van der Waals surface area contributed by atoms with E-state index in [0.29, 0.717) is 5.92 Å². The molecule has 3 heteroatoms. The van der Waals surface area contributed by atoms with Gasteiger partial charge < -0.3 is 10.2 Å². The van der Waals surface area contributed by atoms with Gasteiger partial charge in [0.05, 0.1) is 0 Å². The lowest BCUT2D eigenvalue weighted by molar-refractivity contribution is 0.589. The number of piperazine rings is 1. The lowest BCUT2D eigenvalue weighted by Gasteiger charge is -2.30. The summed E-state index contributed by atoms with van der Waals surface area (Å²) in [4.78, 5) is 2.42. The van der Waals surface area contributed by atoms with Gasteiger partial charge >= 0.3 is 0 Å². The molecule has 0 bridgehead atoms. The molecule has 1 aromatic carbocycles. The Morgan fingerprint density at radius 3 is 2.56 bits per heavy atom. The SMILES string of the molecule is CC(C)c1cc(N2CCNCC2)ccc1Cl. The van der Waals surface area contributed by atoms with Crippen LogP contribution in [-0.4, -0.2) is 26.2 Å². The van der Waals surface area contributed by atoms with Crippen molar-refractivity contribution >= 4 is 17.3 Å². The fourth-order valence-corrected chi connectivity index (χ4v) is 2.43. The van der Waals surface area contributed by atoms with Gasteiger partial charge in [-0.05, 0) is 29.7 Å². The molecular weight excluding hydrogens is 220 g/mol. The van der Waals surface area contributed by atoms with E-state index in [-0.39, 0.29) is 0 Å². The Morgan fingerprint density at radius 2 is 1.94 bits per heavy atom. The Kier molecular flexibility index (Phi) is 3.72. The fraction of sp³-hybridized carbons (Fsp3) is 0.538. The Balaban J connectivity index is 2.24. The van der Waals surface area contributed by atoms with Gasteiger partial charge in [0.15, 0.2) is 0 Å². The van der Waals surface area contributed by atoms with Crippen molar-refractivity contribution in [1.29, 1.82) is 0 Å². The van der Waals surface area contributed by atoms with Crippen molar-refractivity contribution in [1.82, 2.24) is 5.32 Å². The maximum absolute atomic E-state index is 6.20. The number of halogens is 1. The Bertz CT molecular complexity index is 357. The first kappa shape index (κ1) is 11.7. The molecule has 2 rings (SSSR count). The van der Waals surface area contributed by atoms with Gasteiger partial charge in [-0.15, -0.1) is 0 Å². The molecule has 0 spiro atoms. The molecule has 2 nitrogen and oxygen atoms in total. The van der Waals surface area contributed by atoms with E-state index in [1.54, 1.807) is 0 Å². The Morgan fingerprint density at radius 1 is 1.25 bits per heavy atom. The van der Waals surface area contributed by atoms with Crippen LogP contribution in [0, 0.1) is 0 Å². The Labute approximate surface area is 103 Å². The minimum Gasteiger partial charge on any atom is -0.369 e. The van der Waals surface area contributed by atoms with E-state index in [4.69, 9.17) is 11.6 Å². The van der Waals surface area contributed by atoms with E-state index in [2.05, 4.69) is 36.2 Å². The number of nitrogens with one attached hydrogen (secondary N) is 1. The third-order valence-electron chi connectivity index (χ3n) is 3.08. The third kappa shape index (κ3) is 2.50. The first-order valence-electron chi connectivity index (χ1n) is 5.93. The molecule has 1 aromatic rings. The van der Waals surface area contributed by atoms with Crippen molar-refractivity contribution < 1.29 is 0 Å². The van der Waals surface area contributed by atoms with E-state index in [1.807, 2.05) is 6.07 Å². The molecule has 88 valence electrons. The van der Waals surface area contributed by atoms with Gasteiger partial charge in [-0.2, -0.15) is 0 Å². The van der Waals surface area contributed by atoms with E-state index < -0.39 is 0 Å². The van der Waals surface area contributed by atoms with Gasteiger partial charge in [-0.1, -0.05) is 25.4 Å². The van der Waals surface area contributed by atoms with Crippen LogP contribution in [0.1, 0.15) is 25.3 Å². The molecular formula is C13H19ClN2. The molecule has 1 saturated heterocycles. The van der Waals surface area contributed by atoms with E-state index in [9.17, 15) is 0 Å². The third-order valence-corrected chi connectivity index (χ3v) is 3.43. The number of nitrogens with zero attached hydrogens (tertiary/aromatic N) is 1. The van der Waals surface area contributed by atoms with Gasteiger partial charge in [0.2, 0.25) is 0 Å². The summed E-state index contributed by atoms with van der Waals surface area (Å²) in [7, 11) is 0. The van der Waals surface area contributed by atoms with Crippen LogP contribution in [0.4, 0.5) is 5.69 Å². The normalized spacial score (nSPS) is 16.9. The van der Waals surface area contributed by atoms with Gasteiger partial charge in [0.25, 0.3) is 0 Å². The Hall–Kier alpha value is -0.730. The van der Waals surface area contributed by atoms with Gasteiger partial charge in [0.1, 0.15) is 0 Å². The average molecular weight is 239 g/mol. The van der Waals surface area contributed by atoms with Crippen molar-refractivity contribution in [2.24, 2.45) is 0 Å². The molecule has 1 fully saturated rings. The van der Waals surface area contributed by atoms with E-state index in [0.717, 1.165) is 31.2 Å². The highest BCUT2D eigenvalue weighted by Gasteiger charge is 2.13. The second-order valence-electron chi connectivity index (χ2n) is 4.60. The number of anilines is 1.